The van der Waals surface area contributed by atoms with E-state index in [1.165, 1.54) is 36.4 Å². The number of fused-ring (bicyclic) bond motifs is 1. The van der Waals surface area contributed by atoms with Crippen molar-refractivity contribution in [2.24, 2.45) is 0 Å². The Morgan fingerprint density at radius 2 is 1.87 bits per heavy atom. The summed E-state index contributed by atoms with van der Waals surface area (Å²) in [5, 5.41) is 12.4. The Hall–Kier alpha value is -2.27. The molecule has 3 nitrogen and oxygen atoms in total. The first-order valence-corrected chi connectivity index (χ1v) is 7.53. The van der Waals surface area contributed by atoms with Gasteiger partial charge in [-0.3, -0.25) is 4.79 Å². The van der Waals surface area contributed by atoms with Crippen molar-refractivity contribution in [3.8, 4) is 0 Å². The lowest BCUT2D eigenvalue weighted by atomic mass is 9.98. The van der Waals surface area contributed by atoms with Gasteiger partial charge in [-0.15, -0.1) is 0 Å². The summed E-state index contributed by atoms with van der Waals surface area (Å²) in [5.74, 6) is -1.74. The average Bonchev–Trinajstić information content (AvgIpc) is 2.92. The highest BCUT2D eigenvalue weighted by atomic mass is 19.1. The highest BCUT2D eigenvalue weighted by Crippen LogP contribution is 2.32. The van der Waals surface area contributed by atoms with Gasteiger partial charge in [0.25, 0.3) is 0 Å². The molecule has 0 saturated heterocycles. The van der Waals surface area contributed by atoms with Gasteiger partial charge in [0.15, 0.2) is 0 Å². The second-order valence-electron chi connectivity index (χ2n) is 5.73. The predicted molar refractivity (Wildman–Crippen MR) is 81.8 cm³/mol. The molecule has 23 heavy (non-hydrogen) atoms. The van der Waals surface area contributed by atoms with Crippen molar-refractivity contribution in [3.05, 3.63) is 70.8 Å². The lowest BCUT2D eigenvalue weighted by Gasteiger charge is -2.19. The van der Waals surface area contributed by atoms with Crippen LogP contribution in [0.25, 0.3) is 0 Å². The van der Waals surface area contributed by atoms with Gasteiger partial charge in [0.1, 0.15) is 11.6 Å². The van der Waals surface area contributed by atoms with Crippen LogP contribution >= 0.6 is 0 Å². The van der Waals surface area contributed by atoms with E-state index in [1.54, 1.807) is 6.07 Å². The molecule has 0 aliphatic heterocycles. The number of aryl methyl sites for hydroxylation is 1. The Morgan fingerprint density at radius 3 is 2.57 bits per heavy atom. The number of benzene rings is 2. The summed E-state index contributed by atoms with van der Waals surface area (Å²) in [7, 11) is 0. The van der Waals surface area contributed by atoms with E-state index in [4.69, 9.17) is 0 Å². The molecule has 0 radical (unpaired) electrons. The van der Waals surface area contributed by atoms with Gasteiger partial charge < -0.3 is 10.4 Å². The first kappa shape index (κ1) is 15.6. The molecule has 2 atom stereocenters. The van der Waals surface area contributed by atoms with Crippen LogP contribution in [0.2, 0.25) is 0 Å². The normalized spacial score (nSPS) is 17.6. The van der Waals surface area contributed by atoms with Gasteiger partial charge in [0.2, 0.25) is 5.91 Å². The molecule has 1 aliphatic rings. The maximum Gasteiger partial charge on any atom is 0.230 e. The third kappa shape index (κ3) is 3.24. The van der Waals surface area contributed by atoms with Crippen molar-refractivity contribution in [3.63, 3.8) is 0 Å². The Balaban J connectivity index is 1.75. The molecule has 0 unspecified atom stereocenters. The summed E-state index contributed by atoms with van der Waals surface area (Å²) in [6, 6.07) is 9.89. The van der Waals surface area contributed by atoms with Gasteiger partial charge in [0, 0.05) is 0 Å². The first-order chi connectivity index (χ1) is 11.1. The monoisotopic (exact) mass is 317 g/mol. The zero-order valence-electron chi connectivity index (χ0n) is 12.4. The van der Waals surface area contributed by atoms with E-state index in [2.05, 4.69) is 5.32 Å². The summed E-state index contributed by atoms with van der Waals surface area (Å²) in [5.41, 5.74) is 2.37. The number of nitrogens with one attached hydrogen (secondary N) is 1. The maximum absolute atomic E-state index is 13.2. The minimum atomic E-state index is -0.750. The largest absolute Gasteiger partial charge is 0.395 e. The second kappa shape index (κ2) is 6.46. The summed E-state index contributed by atoms with van der Waals surface area (Å²) in [6.45, 7) is -0.361. The summed E-state index contributed by atoms with van der Waals surface area (Å²) >= 11 is 0. The van der Waals surface area contributed by atoms with Crippen molar-refractivity contribution in [1.82, 2.24) is 5.32 Å². The Bertz CT molecular complexity index is 715. The molecule has 3 rings (SSSR count). The standard InChI is InChI=1S/C18H17F2NO2/c19-13-4-1-11(2-5-13)16(10-22)18(23)21-17-8-3-12-9-14(20)6-7-15(12)17/h1-2,4-7,9,16-17,22H,3,8,10H2,(H,21,23)/t16-,17-/m1/s1. The van der Waals surface area contributed by atoms with E-state index in [0.717, 1.165) is 11.1 Å². The van der Waals surface area contributed by atoms with Crippen LogP contribution in [0.15, 0.2) is 42.5 Å². The van der Waals surface area contributed by atoms with Crippen LogP contribution in [0.3, 0.4) is 0 Å². The molecule has 0 bridgehead atoms. The molecule has 1 amide bonds. The summed E-state index contributed by atoms with van der Waals surface area (Å²) in [6.07, 6.45) is 1.41. The van der Waals surface area contributed by atoms with Gasteiger partial charge in [-0.05, 0) is 53.8 Å². The Kier molecular flexibility index (Phi) is 4.39. The molecule has 0 saturated carbocycles. The minimum absolute atomic E-state index is 0.187. The van der Waals surface area contributed by atoms with Crippen molar-refractivity contribution < 1.29 is 18.7 Å². The highest BCUT2D eigenvalue weighted by molar-refractivity contribution is 5.84. The number of aliphatic hydroxyl groups is 1. The molecular formula is C18H17F2NO2. The smallest absolute Gasteiger partial charge is 0.230 e. The third-order valence-electron chi connectivity index (χ3n) is 4.27. The van der Waals surface area contributed by atoms with Crippen LogP contribution in [-0.4, -0.2) is 17.6 Å². The Labute approximate surface area is 133 Å². The quantitative estimate of drug-likeness (QED) is 0.911. The van der Waals surface area contributed by atoms with Crippen molar-refractivity contribution in [1.29, 1.82) is 0 Å². The van der Waals surface area contributed by atoms with E-state index in [0.29, 0.717) is 18.4 Å². The number of carbonyl (C=O) groups excluding carboxylic acids is 1. The van der Waals surface area contributed by atoms with E-state index >= 15 is 0 Å². The number of hydrogen-bond acceptors (Lipinski definition) is 2. The van der Waals surface area contributed by atoms with Crippen LogP contribution in [0.1, 0.15) is 35.1 Å². The number of amides is 1. The van der Waals surface area contributed by atoms with Crippen LogP contribution in [-0.2, 0) is 11.2 Å². The topological polar surface area (TPSA) is 49.3 Å². The van der Waals surface area contributed by atoms with Crippen LogP contribution in [0.5, 0.6) is 0 Å². The fraction of sp³-hybridized carbons (Fsp3) is 0.278. The fourth-order valence-electron chi connectivity index (χ4n) is 3.04. The van der Waals surface area contributed by atoms with Gasteiger partial charge >= 0.3 is 0 Å². The molecule has 0 heterocycles. The second-order valence-corrected chi connectivity index (χ2v) is 5.73. The molecule has 2 aromatic rings. The van der Waals surface area contributed by atoms with Gasteiger partial charge in [-0.2, -0.15) is 0 Å². The minimum Gasteiger partial charge on any atom is -0.395 e. The van der Waals surface area contributed by atoms with Gasteiger partial charge in [0.05, 0.1) is 18.6 Å². The van der Waals surface area contributed by atoms with Gasteiger partial charge in [-0.1, -0.05) is 18.2 Å². The molecule has 2 N–H and O–H groups in total. The molecule has 1 aliphatic carbocycles. The number of rotatable bonds is 4. The lowest BCUT2D eigenvalue weighted by molar-refractivity contribution is -0.124. The van der Waals surface area contributed by atoms with Crippen molar-refractivity contribution in [2.45, 2.75) is 24.8 Å². The van der Waals surface area contributed by atoms with Crippen LogP contribution < -0.4 is 5.32 Å². The van der Waals surface area contributed by atoms with E-state index in [1.807, 2.05) is 0 Å². The molecule has 0 spiro atoms. The summed E-state index contributed by atoms with van der Waals surface area (Å²) < 4.78 is 26.2. The number of halogens is 2. The van der Waals surface area contributed by atoms with E-state index < -0.39 is 11.7 Å². The summed E-state index contributed by atoms with van der Waals surface area (Å²) in [4.78, 5) is 12.5. The number of carbonyl (C=O) groups is 1. The van der Waals surface area contributed by atoms with Crippen molar-refractivity contribution >= 4 is 5.91 Å². The Morgan fingerprint density at radius 1 is 1.17 bits per heavy atom. The van der Waals surface area contributed by atoms with Crippen LogP contribution in [0.4, 0.5) is 8.78 Å². The predicted octanol–water partition coefficient (Wildman–Crippen LogP) is 2.84. The van der Waals surface area contributed by atoms with Crippen LogP contribution in [0, 0.1) is 11.6 Å². The molecule has 0 aromatic heterocycles. The zero-order valence-corrected chi connectivity index (χ0v) is 12.4. The molecule has 0 fully saturated rings. The molecule has 2 aromatic carbocycles. The lowest BCUT2D eigenvalue weighted by Crippen LogP contribution is -2.33. The number of aliphatic hydroxyl groups excluding tert-OH is 1. The SMILES string of the molecule is O=C(N[C@@H]1CCc2cc(F)ccc21)[C@H](CO)c1ccc(F)cc1. The van der Waals surface area contributed by atoms with Crippen molar-refractivity contribution in [2.75, 3.05) is 6.61 Å². The highest BCUT2D eigenvalue weighted by Gasteiger charge is 2.27. The zero-order chi connectivity index (χ0) is 16.4. The molecule has 120 valence electrons. The number of hydrogen-bond donors (Lipinski definition) is 2. The van der Waals surface area contributed by atoms with E-state index in [9.17, 15) is 18.7 Å². The third-order valence-corrected chi connectivity index (χ3v) is 4.27. The maximum atomic E-state index is 13.2. The molecule has 5 heteroatoms. The fourth-order valence-corrected chi connectivity index (χ4v) is 3.04. The van der Waals surface area contributed by atoms with Gasteiger partial charge in [-0.25, -0.2) is 8.78 Å². The first-order valence-electron chi connectivity index (χ1n) is 7.53. The molecular weight excluding hydrogens is 300 g/mol. The van der Waals surface area contributed by atoms with E-state index in [-0.39, 0.29) is 24.4 Å². The average molecular weight is 317 g/mol.